The largest absolute Gasteiger partial charge is 0.336 e. The van der Waals surface area contributed by atoms with E-state index in [-0.39, 0.29) is 5.91 Å². The van der Waals surface area contributed by atoms with Gasteiger partial charge in [-0.05, 0) is 50.8 Å². The van der Waals surface area contributed by atoms with Gasteiger partial charge >= 0.3 is 0 Å². The second kappa shape index (κ2) is 7.49. The summed E-state index contributed by atoms with van der Waals surface area (Å²) in [5, 5.41) is 2.07. The Morgan fingerprint density at radius 1 is 1.35 bits per heavy atom. The van der Waals surface area contributed by atoms with Crippen LogP contribution in [-0.4, -0.2) is 28.4 Å². The maximum atomic E-state index is 12.6. The Kier molecular flexibility index (Phi) is 5.38. The predicted octanol–water partition coefficient (Wildman–Crippen LogP) is 4.76. The molecule has 2 heterocycles. The maximum Gasteiger partial charge on any atom is 0.254 e. The quantitative estimate of drug-likeness (QED) is 0.749. The van der Waals surface area contributed by atoms with Crippen LogP contribution in [0.25, 0.3) is 0 Å². The van der Waals surface area contributed by atoms with E-state index in [0.717, 1.165) is 40.7 Å². The Morgan fingerprint density at radius 3 is 2.78 bits per heavy atom. The van der Waals surface area contributed by atoms with Crippen molar-refractivity contribution in [2.24, 2.45) is 0 Å². The zero-order valence-corrected chi connectivity index (χ0v) is 15.3. The fourth-order valence-corrected chi connectivity index (χ4v) is 4.66. The lowest BCUT2D eigenvalue weighted by atomic mass is 10.0. The molecule has 122 valence electrons. The molecule has 1 aliphatic heterocycles. The molecule has 3 rings (SSSR count). The molecule has 1 unspecified atom stereocenters. The number of benzene rings is 1. The molecule has 5 heteroatoms. The Hall–Kier alpha value is -1.33. The van der Waals surface area contributed by atoms with Crippen LogP contribution in [-0.2, 0) is 5.75 Å². The normalized spacial score (nSPS) is 18.2. The molecule has 3 nitrogen and oxygen atoms in total. The molecule has 1 aromatic carbocycles. The van der Waals surface area contributed by atoms with E-state index < -0.39 is 0 Å². The van der Waals surface area contributed by atoms with E-state index in [1.807, 2.05) is 24.0 Å². The maximum absolute atomic E-state index is 12.6. The zero-order valence-electron chi connectivity index (χ0n) is 13.6. The molecule has 0 bridgehead atoms. The van der Waals surface area contributed by atoms with Gasteiger partial charge in [-0.1, -0.05) is 23.9 Å². The SMILES string of the molecule is Cc1csc(SCc2ccc(C(=O)N3CCCCC3C)cc2)n1. The summed E-state index contributed by atoms with van der Waals surface area (Å²) in [5.41, 5.74) is 3.11. The van der Waals surface area contributed by atoms with Crippen LogP contribution in [0.5, 0.6) is 0 Å². The highest BCUT2D eigenvalue weighted by molar-refractivity contribution is 8.00. The van der Waals surface area contributed by atoms with Gasteiger partial charge in [-0.2, -0.15) is 0 Å². The number of amides is 1. The van der Waals surface area contributed by atoms with E-state index >= 15 is 0 Å². The third kappa shape index (κ3) is 4.15. The molecule has 23 heavy (non-hydrogen) atoms. The Balaban J connectivity index is 1.61. The van der Waals surface area contributed by atoms with E-state index in [0.29, 0.717) is 6.04 Å². The van der Waals surface area contributed by atoms with E-state index in [1.165, 1.54) is 12.0 Å². The van der Waals surface area contributed by atoms with Gasteiger partial charge in [0.15, 0.2) is 0 Å². The number of piperidine rings is 1. The standard InChI is InChI=1S/C18H22N2OS2/c1-13-11-22-18(19-13)23-12-15-6-8-16(9-7-15)17(21)20-10-4-3-5-14(20)2/h6-9,11,14H,3-5,10,12H2,1-2H3. The lowest BCUT2D eigenvalue weighted by molar-refractivity contribution is 0.0635. The number of hydrogen-bond donors (Lipinski definition) is 0. The van der Waals surface area contributed by atoms with E-state index in [1.54, 1.807) is 23.1 Å². The first-order valence-corrected chi connectivity index (χ1v) is 9.95. The number of aryl methyl sites for hydroxylation is 1. The molecule has 1 amide bonds. The minimum Gasteiger partial charge on any atom is -0.336 e. The zero-order chi connectivity index (χ0) is 16.2. The van der Waals surface area contributed by atoms with Crippen molar-refractivity contribution in [3.63, 3.8) is 0 Å². The van der Waals surface area contributed by atoms with Crippen molar-refractivity contribution < 1.29 is 4.79 Å². The lowest BCUT2D eigenvalue weighted by Gasteiger charge is -2.33. The molecule has 1 aliphatic rings. The third-order valence-corrected chi connectivity index (χ3v) is 6.43. The number of carbonyl (C=O) groups excluding carboxylic acids is 1. The van der Waals surface area contributed by atoms with Crippen molar-refractivity contribution in [2.45, 2.75) is 49.2 Å². The molecule has 1 aromatic heterocycles. The number of nitrogens with zero attached hydrogens (tertiary/aromatic N) is 2. The second-order valence-corrected chi connectivity index (χ2v) is 8.16. The van der Waals surface area contributed by atoms with Crippen LogP contribution in [0.3, 0.4) is 0 Å². The summed E-state index contributed by atoms with van der Waals surface area (Å²) in [6, 6.07) is 8.42. The smallest absolute Gasteiger partial charge is 0.254 e. The van der Waals surface area contributed by atoms with Crippen LogP contribution in [0, 0.1) is 6.92 Å². The van der Waals surface area contributed by atoms with Crippen molar-refractivity contribution in [1.82, 2.24) is 9.88 Å². The van der Waals surface area contributed by atoms with Crippen molar-refractivity contribution in [1.29, 1.82) is 0 Å². The van der Waals surface area contributed by atoms with Crippen LogP contribution >= 0.6 is 23.1 Å². The summed E-state index contributed by atoms with van der Waals surface area (Å²) >= 11 is 3.44. The van der Waals surface area contributed by atoms with Crippen LogP contribution in [0.2, 0.25) is 0 Å². The average Bonchev–Trinajstić information content (AvgIpc) is 2.99. The monoisotopic (exact) mass is 346 g/mol. The van der Waals surface area contributed by atoms with Gasteiger partial charge in [-0.25, -0.2) is 4.98 Å². The van der Waals surface area contributed by atoms with Gasteiger partial charge in [-0.3, -0.25) is 4.79 Å². The van der Waals surface area contributed by atoms with Crippen LogP contribution < -0.4 is 0 Å². The fourth-order valence-electron chi connectivity index (χ4n) is 2.85. The minimum absolute atomic E-state index is 0.173. The molecule has 0 aliphatic carbocycles. The van der Waals surface area contributed by atoms with Gasteiger partial charge in [0.2, 0.25) is 0 Å². The van der Waals surface area contributed by atoms with Crippen molar-refractivity contribution in [3.8, 4) is 0 Å². The van der Waals surface area contributed by atoms with Gasteiger partial charge in [0.1, 0.15) is 4.34 Å². The molecular weight excluding hydrogens is 324 g/mol. The number of likely N-dealkylation sites (tertiary alicyclic amines) is 1. The predicted molar refractivity (Wildman–Crippen MR) is 97.2 cm³/mol. The van der Waals surface area contributed by atoms with E-state index in [2.05, 4.69) is 29.4 Å². The Morgan fingerprint density at radius 2 is 2.13 bits per heavy atom. The van der Waals surface area contributed by atoms with E-state index in [9.17, 15) is 4.79 Å². The van der Waals surface area contributed by atoms with Crippen molar-refractivity contribution >= 4 is 29.0 Å². The Labute approximate surface area is 146 Å². The number of carbonyl (C=O) groups is 1. The first-order chi connectivity index (χ1) is 11.1. The lowest BCUT2D eigenvalue weighted by Crippen LogP contribution is -2.42. The number of rotatable bonds is 4. The van der Waals surface area contributed by atoms with Gasteiger partial charge in [0.25, 0.3) is 5.91 Å². The average molecular weight is 347 g/mol. The fraction of sp³-hybridized carbons (Fsp3) is 0.444. The van der Waals surface area contributed by atoms with Gasteiger partial charge in [0, 0.05) is 35.0 Å². The molecule has 0 spiro atoms. The first kappa shape index (κ1) is 16.5. The van der Waals surface area contributed by atoms with Gasteiger partial charge in [-0.15, -0.1) is 11.3 Å². The topological polar surface area (TPSA) is 33.2 Å². The first-order valence-electron chi connectivity index (χ1n) is 8.08. The summed E-state index contributed by atoms with van der Waals surface area (Å²) in [7, 11) is 0. The molecule has 0 radical (unpaired) electrons. The second-order valence-electron chi connectivity index (χ2n) is 6.08. The van der Waals surface area contributed by atoms with Crippen molar-refractivity contribution in [3.05, 3.63) is 46.5 Å². The molecule has 2 aromatic rings. The number of aromatic nitrogens is 1. The molecule has 0 saturated carbocycles. The molecule has 1 fully saturated rings. The van der Waals surface area contributed by atoms with Crippen LogP contribution in [0.1, 0.15) is 47.8 Å². The summed E-state index contributed by atoms with van der Waals surface area (Å²) in [6.45, 7) is 5.06. The highest BCUT2D eigenvalue weighted by Crippen LogP contribution is 2.26. The molecule has 1 saturated heterocycles. The highest BCUT2D eigenvalue weighted by atomic mass is 32.2. The van der Waals surface area contributed by atoms with Gasteiger partial charge < -0.3 is 4.90 Å². The highest BCUT2D eigenvalue weighted by Gasteiger charge is 2.23. The van der Waals surface area contributed by atoms with Gasteiger partial charge in [0.05, 0.1) is 0 Å². The summed E-state index contributed by atoms with van der Waals surface area (Å²) < 4.78 is 1.10. The molecular formula is C18H22N2OS2. The van der Waals surface area contributed by atoms with Crippen LogP contribution in [0.4, 0.5) is 0 Å². The summed E-state index contributed by atoms with van der Waals surface area (Å²) in [4.78, 5) is 19.1. The van der Waals surface area contributed by atoms with Crippen LogP contribution in [0.15, 0.2) is 34.0 Å². The number of thioether (sulfide) groups is 1. The van der Waals surface area contributed by atoms with Crippen molar-refractivity contribution in [2.75, 3.05) is 6.54 Å². The molecule has 0 N–H and O–H groups in total. The minimum atomic E-state index is 0.173. The number of thiazole rings is 1. The van der Waals surface area contributed by atoms with E-state index in [4.69, 9.17) is 0 Å². The Bertz CT molecular complexity index is 666. The number of hydrogen-bond acceptors (Lipinski definition) is 4. The summed E-state index contributed by atoms with van der Waals surface area (Å²) in [6.07, 6.45) is 3.48. The summed E-state index contributed by atoms with van der Waals surface area (Å²) in [5.74, 6) is 1.06. The third-order valence-electron chi connectivity index (χ3n) is 4.22. The molecule has 1 atom stereocenters.